The summed E-state index contributed by atoms with van der Waals surface area (Å²) in [6.07, 6.45) is 56.8. The molecule has 0 bridgehead atoms. The summed E-state index contributed by atoms with van der Waals surface area (Å²) in [5.74, 6) is 0.207. The van der Waals surface area contributed by atoms with Gasteiger partial charge in [0, 0.05) is 25.7 Å². The zero-order chi connectivity index (χ0) is 72.3. The molecule has 5 atom stereocenters. The van der Waals surface area contributed by atoms with Gasteiger partial charge in [0.25, 0.3) is 0 Å². The summed E-state index contributed by atoms with van der Waals surface area (Å²) in [4.78, 5) is 73.0. The number of hydrogen-bond acceptors (Lipinski definition) is 15. The van der Waals surface area contributed by atoms with Gasteiger partial charge in [0.05, 0.1) is 26.4 Å². The van der Waals surface area contributed by atoms with E-state index in [-0.39, 0.29) is 25.7 Å². The largest absolute Gasteiger partial charge is 0.472 e. The van der Waals surface area contributed by atoms with Gasteiger partial charge >= 0.3 is 39.5 Å². The first-order chi connectivity index (χ1) is 47.2. The highest BCUT2D eigenvalue weighted by Gasteiger charge is 2.30. The quantitative estimate of drug-likeness (QED) is 0.0222. The van der Waals surface area contributed by atoms with Crippen LogP contribution in [0.3, 0.4) is 0 Å². The number of unbranched alkanes of at least 4 members (excludes halogenated alkanes) is 45. The lowest BCUT2D eigenvalue weighted by atomic mass is 10.0. The highest BCUT2D eigenvalue weighted by atomic mass is 31.2. The monoisotopic (exact) mass is 1440 g/mol. The van der Waals surface area contributed by atoms with Crippen LogP contribution < -0.4 is 0 Å². The molecule has 0 radical (unpaired) electrons. The summed E-state index contributed by atoms with van der Waals surface area (Å²) >= 11 is 0. The second kappa shape index (κ2) is 69.4. The van der Waals surface area contributed by atoms with Gasteiger partial charge in [-0.15, -0.1) is 0 Å². The van der Waals surface area contributed by atoms with Crippen LogP contribution in [0.2, 0.25) is 0 Å². The SMILES string of the molecule is CCCCCCCCCCCCCCCC(=O)OC[C@H](COP(=O)(O)OC[C@H](O)COP(=O)(O)OC[C@@H](COC(=O)CCCCCCCCCCCCC(C)C)OC(=O)CCCCCCCCCCCCCCCCCCC(C)C)OC(=O)CCCCCCCCCCCCC(C)C. The molecular formula is C79H154O17P2. The van der Waals surface area contributed by atoms with Gasteiger partial charge in [-0.3, -0.25) is 37.3 Å². The maximum Gasteiger partial charge on any atom is 0.472 e. The number of aliphatic hydroxyl groups excluding tert-OH is 1. The molecule has 3 N–H and O–H groups in total. The maximum absolute atomic E-state index is 13.1. The van der Waals surface area contributed by atoms with Gasteiger partial charge in [-0.1, -0.05) is 357 Å². The Kier molecular flexibility index (Phi) is 68.1. The van der Waals surface area contributed by atoms with E-state index in [0.717, 1.165) is 108 Å². The summed E-state index contributed by atoms with van der Waals surface area (Å²) in [7, 11) is -9.92. The molecule has 0 aliphatic heterocycles. The zero-order valence-corrected chi connectivity index (χ0v) is 66.0. The molecule has 0 spiro atoms. The van der Waals surface area contributed by atoms with Crippen molar-refractivity contribution in [3.63, 3.8) is 0 Å². The molecule has 0 saturated carbocycles. The Balaban J connectivity index is 5.25. The second-order valence-electron chi connectivity index (χ2n) is 29.9. The van der Waals surface area contributed by atoms with Crippen molar-refractivity contribution in [2.75, 3.05) is 39.6 Å². The Morgan fingerprint density at radius 2 is 0.469 bits per heavy atom. The number of rotatable bonds is 77. The lowest BCUT2D eigenvalue weighted by Gasteiger charge is -2.21. The number of hydrogen-bond donors (Lipinski definition) is 3. The second-order valence-corrected chi connectivity index (χ2v) is 32.8. The third-order valence-corrected chi connectivity index (χ3v) is 20.3. The average molecular weight is 1440 g/mol. The fourth-order valence-corrected chi connectivity index (χ4v) is 13.7. The zero-order valence-electron chi connectivity index (χ0n) is 64.3. The molecule has 0 aliphatic rings. The molecule has 0 heterocycles. The summed E-state index contributed by atoms with van der Waals surface area (Å²) < 4.78 is 68.7. The minimum absolute atomic E-state index is 0.106. The molecule has 0 aromatic rings. The molecule has 19 heteroatoms. The summed E-state index contributed by atoms with van der Waals surface area (Å²) in [6.45, 7) is 11.9. The first kappa shape index (κ1) is 96.1. The Hall–Kier alpha value is -1.94. The standard InChI is InChI=1S/C79H154O17P2/c1-8-9-10-11-12-13-14-19-23-32-39-46-53-60-76(81)89-66-75(96-79(84)63-56-49-42-35-28-26-31-38-45-52-59-72(6)7)69-94-98(87,88)92-65-73(80)64-91-97(85,86)93-68-74(67-90-77(82)61-54-47-40-33-27-25-30-37-44-51-58-71(4)5)95-78(83)62-55-48-41-34-24-21-18-16-15-17-20-22-29-36-43-50-57-70(2)3/h70-75,80H,8-69H2,1-7H3,(H,85,86)(H,87,88)/t73-,74-,75-/m1/s1. The van der Waals surface area contributed by atoms with Gasteiger partial charge < -0.3 is 33.8 Å². The van der Waals surface area contributed by atoms with Crippen molar-refractivity contribution >= 4 is 39.5 Å². The van der Waals surface area contributed by atoms with E-state index < -0.39 is 97.5 Å². The lowest BCUT2D eigenvalue weighted by Crippen LogP contribution is -2.30. The van der Waals surface area contributed by atoms with E-state index in [1.54, 1.807) is 0 Å². The van der Waals surface area contributed by atoms with Crippen molar-refractivity contribution in [3.05, 3.63) is 0 Å². The molecule has 98 heavy (non-hydrogen) atoms. The van der Waals surface area contributed by atoms with Crippen molar-refractivity contribution in [1.29, 1.82) is 0 Å². The van der Waals surface area contributed by atoms with E-state index in [1.807, 2.05) is 0 Å². The van der Waals surface area contributed by atoms with E-state index in [1.165, 1.54) is 218 Å². The molecule has 0 fully saturated rings. The van der Waals surface area contributed by atoms with Gasteiger partial charge in [0.15, 0.2) is 12.2 Å². The van der Waals surface area contributed by atoms with Crippen LogP contribution in [0, 0.1) is 17.8 Å². The first-order valence-electron chi connectivity index (χ1n) is 40.8. The fraction of sp³-hybridized carbons (Fsp3) is 0.949. The van der Waals surface area contributed by atoms with Crippen LogP contribution in [0.4, 0.5) is 0 Å². The Morgan fingerprint density at radius 1 is 0.276 bits per heavy atom. The third-order valence-electron chi connectivity index (χ3n) is 18.4. The molecule has 0 rings (SSSR count). The van der Waals surface area contributed by atoms with Gasteiger partial charge in [-0.2, -0.15) is 0 Å². The topological polar surface area (TPSA) is 237 Å². The van der Waals surface area contributed by atoms with Gasteiger partial charge in [0.2, 0.25) is 0 Å². The predicted octanol–water partition coefficient (Wildman–Crippen LogP) is 23.4. The number of phosphoric ester groups is 2. The minimum atomic E-state index is -4.96. The number of carbonyl (C=O) groups excluding carboxylic acids is 4. The Morgan fingerprint density at radius 3 is 0.694 bits per heavy atom. The van der Waals surface area contributed by atoms with Crippen molar-refractivity contribution in [2.45, 2.75) is 426 Å². The highest BCUT2D eigenvalue weighted by molar-refractivity contribution is 7.47. The van der Waals surface area contributed by atoms with Gasteiger partial charge in [-0.05, 0) is 43.4 Å². The highest BCUT2D eigenvalue weighted by Crippen LogP contribution is 2.45. The predicted molar refractivity (Wildman–Crippen MR) is 400 cm³/mol. The Bertz CT molecular complexity index is 1900. The number of phosphoric acid groups is 2. The molecule has 0 aromatic heterocycles. The molecule has 0 saturated heterocycles. The van der Waals surface area contributed by atoms with E-state index in [0.29, 0.717) is 25.7 Å². The summed E-state index contributed by atoms with van der Waals surface area (Å²) in [6, 6.07) is 0. The molecule has 0 amide bonds. The molecule has 17 nitrogen and oxygen atoms in total. The minimum Gasteiger partial charge on any atom is -0.462 e. The molecular weight excluding hydrogens is 1280 g/mol. The molecule has 0 aromatic carbocycles. The lowest BCUT2D eigenvalue weighted by molar-refractivity contribution is -0.161. The summed E-state index contributed by atoms with van der Waals surface area (Å²) in [5, 5.41) is 10.6. The van der Waals surface area contributed by atoms with Crippen molar-refractivity contribution in [3.8, 4) is 0 Å². The fourth-order valence-electron chi connectivity index (χ4n) is 12.1. The van der Waals surface area contributed by atoms with Crippen LogP contribution in [-0.4, -0.2) is 96.7 Å². The van der Waals surface area contributed by atoms with Crippen LogP contribution in [0.5, 0.6) is 0 Å². The van der Waals surface area contributed by atoms with Crippen LogP contribution in [-0.2, 0) is 65.4 Å². The molecule has 2 unspecified atom stereocenters. The number of esters is 4. The van der Waals surface area contributed by atoms with Crippen LogP contribution in [0.15, 0.2) is 0 Å². The summed E-state index contributed by atoms with van der Waals surface area (Å²) in [5.41, 5.74) is 0. The van der Waals surface area contributed by atoms with Crippen molar-refractivity contribution in [1.82, 2.24) is 0 Å². The number of aliphatic hydroxyl groups is 1. The van der Waals surface area contributed by atoms with E-state index >= 15 is 0 Å². The van der Waals surface area contributed by atoms with Crippen LogP contribution in [0.1, 0.15) is 408 Å². The number of carbonyl (C=O) groups is 4. The van der Waals surface area contributed by atoms with E-state index in [9.17, 15) is 43.2 Å². The first-order valence-corrected chi connectivity index (χ1v) is 43.8. The molecule has 0 aliphatic carbocycles. The third kappa shape index (κ3) is 72.4. The van der Waals surface area contributed by atoms with E-state index in [2.05, 4.69) is 48.5 Å². The average Bonchev–Trinajstić information content (AvgIpc) is 1.52. The van der Waals surface area contributed by atoms with Crippen LogP contribution in [0.25, 0.3) is 0 Å². The number of ether oxygens (including phenoxy) is 4. The molecule has 582 valence electrons. The Labute approximate surface area is 600 Å². The van der Waals surface area contributed by atoms with Crippen molar-refractivity contribution in [2.24, 2.45) is 17.8 Å². The van der Waals surface area contributed by atoms with Gasteiger partial charge in [0.1, 0.15) is 19.3 Å². The van der Waals surface area contributed by atoms with Crippen LogP contribution >= 0.6 is 15.6 Å². The van der Waals surface area contributed by atoms with Gasteiger partial charge in [-0.25, -0.2) is 9.13 Å². The maximum atomic E-state index is 13.1. The van der Waals surface area contributed by atoms with Crippen molar-refractivity contribution < 1.29 is 80.2 Å². The normalized spacial score (nSPS) is 14.0. The smallest absolute Gasteiger partial charge is 0.462 e. The van der Waals surface area contributed by atoms with E-state index in [4.69, 9.17) is 37.0 Å².